The molecule has 1 atom stereocenters. The summed E-state index contributed by atoms with van der Waals surface area (Å²) >= 11 is 0. The van der Waals surface area contributed by atoms with E-state index < -0.39 is 0 Å². The van der Waals surface area contributed by atoms with Crippen LogP contribution >= 0.6 is 12.4 Å². The highest BCUT2D eigenvalue weighted by atomic mass is 35.5. The minimum absolute atomic E-state index is 0. The lowest BCUT2D eigenvalue weighted by Gasteiger charge is -2.37. The van der Waals surface area contributed by atoms with Crippen molar-refractivity contribution in [2.45, 2.75) is 31.8 Å². The summed E-state index contributed by atoms with van der Waals surface area (Å²) in [6.07, 6.45) is 7.26. The van der Waals surface area contributed by atoms with E-state index in [4.69, 9.17) is 0 Å². The van der Waals surface area contributed by atoms with Gasteiger partial charge in [-0.2, -0.15) is 0 Å². The van der Waals surface area contributed by atoms with E-state index in [1.54, 1.807) is 0 Å². The average Bonchev–Trinajstić information content (AvgIpc) is 3.30. The van der Waals surface area contributed by atoms with Gasteiger partial charge in [0.2, 0.25) is 0 Å². The number of hydrogen-bond acceptors (Lipinski definition) is 5. The Labute approximate surface area is 201 Å². The maximum absolute atomic E-state index is 4.48. The van der Waals surface area contributed by atoms with Crippen LogP contribution in [0.3, 0.4) is 0 Å². The Morgan fingerprint density at radius 3 is 2.21 bits per heavy atom. The van der Waals surface area contributed by atoms with Gasteiger partial charge in [-0.15, -0.1) is 17.5 Å². The van der Waals surface area contributed by atoms with Crippen LogP contribution in [0.5, 0.6) is 0 Å². The second-order valence-corrected chi connectivity index (χ2v) is 8.54. The van der Waals surface area contributed by atoms with E-state index >= 15 is 0 Å². The molecule has 2 aromatic carbocycles. The first-order valence-corrected chi connectivity index (χ1v) is 11.3. The smallest absolute Gasteiger partial charge is 0.173 e. The summed E-state index contributed by atoms with van der Waals surface area (Å²) in [4.78, 5) is 6.91. The van der Waals surface area contributed by atoms with Gasteiger partial charge in [-0.25, -0.2) is 4.68 Å². The van der Waals surface area contributed by atoms with Gasteiger partial charge < -0.3 is 0 Å². The number of pyridine rings is 1. The van der Waals surface area contributed by atoms with Crippen LogP contribution in [0.15, 0.2) is 85.2 Å². The molecule has 0 N–H and O–H groups in total. The Kier molecular flexibility index (Phi) is 7.81. The Bertz CT molecular complexity index is 1100. The normalized spacial score (nSPS) is 15.6. The van der Waals surface area contributed by atoms with Crippen molar-refractivity contribution in [1.82, 2.24) is 30.1 Å². The van der Waals surface area contributed by atoms with Gasteiger partial charge in [-0.05, 0) is 71.5 Å². The topological polar surface area (TPSA) is 59.7 Å². The van der Waals surface area contributed by atoms with E-state index in [0.29, 0.717) is 12.5 Å². The Morgan fingerprint density at radius 1 is 0.848 bits per heavy atom. The van der Waals surface area contributed by atoms with Crippen LogP contribution in [0, 0.1) is 5.92 Å². The van der Waals surface area contributed by atoms with Crippen molar-refractivity contribution in [2.75, 3.05) is 13.1 Å². The van der Waals surface area contributed by atoms with Gasteiger partial charge in [0, 0.05) is 12.4 Å². The first-order chi connectivity index (χ1) is 15.9. The number of nitrogens with zero attached hydrogens (tertiary/aromatic N) is 6. The van der Waals surface area contributed by atoms with Gasteiger partial charge >= 0.3 is 0 Å². The predicted molar refractivity (Wildman–Crippen MR) is 131 cm³/mol. The molecular weight excluding hydrogens is 432 g/mol. The van der Waals surface area contributed by atoms with Crippen LogP contribution in [0.25, 0.3) is 0 Å². The van der Waals surface area contributed by atoms with E-state index in [1.165, 1.54) is 24.0 Å². The van der Waals surface area contributed by atoms with Gasteiger partial charge in [-0.3, -0.25) is 9.88 Å². The van der Waals surface area contributed by atoms with Gasteiger partial charge in [0.05, 0.1) is 12.6 Å². The number of rotatable bonds is 7. The lowest BCUT2D eigenvalue weighted by atomic mass is 9.89. The molecule has 0 spiro atoms. The number of tetrazole rings is 1. The fourth-order valence-corrected chi connectivity index (χ4v) is 4.70. The molecule has 0 radical (unpaired) electrons. The largest absolute Gasteiger partial charge is 0.290 e. The lowest BCUT2D eigenvalue weighted by Crippen LogP contribution is -2.39. The van der Waals surface area contributed by atoms with Gasteiger partial charge in [-0.1, -0.05) is 66.7 Å². The highest BCUT2D eigenvalue weighted by molar-refractivity contribution is 5.85. The SMILES string of the molecule is Cl.c1ccc(CC2CCN(C(c3cccnc3)c3nnnn3Cc3ccccc3)CC2)cc1. The summed E-state index contributed by atoms with van der Waals surface area (Å²) in [5.41, 5.74) is 3.76. The molecule has 1 aliphatic heterocycles. The molecule has 4 aromatic rings. The van der Waals surface area contributed by atoms with E-state index in [9.17, 15) is 0 Å². The van der Waals surface area contributed by atoms with E-state index in [0.717, 1.165) is 30.9 Å². The van der Waals surface area contributed by atoms with Crippen molar-refractivity contribution in [3.8, 4) is 0 Å². The second-order valence-electron chi connectivity index (χ2n) is 8.54. The third-order valence-electron chi connectivity index (χ3n) is 6.36. The van der Waals surface area contributed by atoms with Gasteiger partial charge in [0.15, 0.2) is 5.82 Å². The zero-order valence-corrected chi connectivity index (χ0v) is 19.4. The molecule has 1 saturated heterocycles. The molecule has 2 aromatic heterocycles. The molecule has 0 aliphatic carbocycles. The van der Waals surface area contributed by atoms with Crippen LogP contribution in [-0.4, -0.2) is 43.2 Å². The summed E-state index contributed by atoms with van der Waals surface area (Å²) in [6.45, 7) is 2.70. The third kappa shape index (κ3) is 5.64. The summed E-state index contributed by atoms with van der Waals surface area (Å²) < 4.78 is 1.93. The van der Waals surface area contributed by atoms with E-state index in [-0.39, 0.29) is 18.4 Å². The van der Waals surface area contributed by atoms with Crippen molar-refractivity contribution in [3.05, 3.63) is 108 Å². The molecule has 33 heavy (non-hydrogen) atoms. The maximum Gasteiger partial charge on any atom is 0.173 e. The molecule has 5 rings (SSSR count). The third-order valence-corrected chi connectivity index (χ3v) is 6.36. The van der Waals surface area contributed by atoms with Crippen LogP contribution in [-0.2, 0) is 13.0 Å². The first kappa shape index (κ1) is 23.1. The summed E-state index contributed by atoms with van der Waals surface area (Å²) in [7, 11) is 0. The molecule has 1 aliphatic rings. The number of halogens is 1. The van der Waals surface area contributed by atoms with Crippen LogP contribution < -0.4 is 0 Å². The monoisotopic (exact) mass is 460 g/mol. The number of hydrogen-bond donors (Lipinski definition) is 0. The molecule has 6 nitrogen and oxygen atoms in total. The van der Waals surface area contributed by atoms with Crippen molar-refractivity contribution < 1.29 is 0 Å². The van der Waals surface area contributed by atoms with E-state index in [2.05, 4.69) is 86.1 Å². The van der Waals surface area contributed by atoms with Crippen molar-refractivity contribution >= 4 is 12.4 Å². The summed E-state index contributed by atoms with van der Waals surface area (Å²) in [6, 6.07) is 25.3. The van der Waals surface area contributed by atoms with Crippen molar-refractivity contribution in [2.24, 2.45) is 5.92 Å². The molecule has 1 fully saturated rings. The molecule has 7 heteroatoms. The van der Waals surface area contributed by atoms with Gasteiger partial charge in [0.25, 0.3) is 0 Å². The zero-order chi connectivity index (χ0) is 21.6. The van der Waals surface area contributed by atoms with Crippen LogP contribution in [0.1, 0.15) is 41.4 Å². The number of aromatic nitrogens is 5. The molecule has 170 valence electrons. The predicted octanol–water partition coefficient (Wildman–Crippen LogP) is 4.58. The zero-order valence-electron chi connectivity index (χ0n) is 18.6. The second kappa shape index (κ2) is 11.2. The summed E-state index contributed by atoms with van der Waals surface area (Å²) in [5, 5.41) is 12.9. The number of likely N-dealkylation sites (tertiary alicyclic amines) is 1. The quantitative estimate of drug-likeness (QED) is 0.404. The first-order valence-electron chi connectivity index (χ1n) is 11.3. The maximum atomic E-state index is 4.48. The number of benzene rings is 2. The molecule has 0 saturated carbocycles. The van der Waals surface area contributed by atoms with Gasteiger partial charge in [0.1, 0.15) is 0 Å². The Morgan fingerprint density at radius 2 is 1.55 bits per heavy atom. The summed E-state index contributed by atoms with van der Waals surface area (Å²) in [5.74, 6) is 1.59. The fourth-order valence-electron chi connectivity index (χ4n) is 4.70. The van der Waals surface area contributed by atoms with Crippen molar-refractivity contribution in [1.29, 1.82) is 0 Å². The minimum Gasteiger partial charge on any atom is -0.290 e. The van der Waals surface area contributed by atoms with E-state index in [1.807, 2.05) is 29.2 Å². The molecule has 1 unspecified atom stereocenters. The Hall–Kier alpha value is -3.09. The molecule has 0 amide bonds. The van der Waals surface area contributed by atoms with Crippen LogP contribution in [0.2, 0.25) is 0 Å². The molecule has 3 heterocycles. The average molecular weight is 461 g/mol. The molecule has 0 bridgehead atoms. The highest BCUT2D eigenvalue weighted by Crippen LogP contribution is 2.32. The standard InChI is InChI=1S/C26H28N6.ClH/c1-3-8-21(9-4-1)18-22-13-16-31(17-14-22)25(24-12-7-15-27-19-24)26-28-29-30-32(26)20-23-10-5-2-6-11-23;/h1-12,15,19,22,25H,13-14,16-18,20H2;1H. The highest BCUT2D eigenvalue weighted by Gasteiger charge is 2.31. The number of piperidine rings is 1. The lowest BCUT2D eigenvalue weighted by molar-refractivity contribution is 0.143. The fraction of sp³-hybridized carbons (Fsp3) is 0.308. The Balaban J connectivity index is 0.00000259. The van der Waals surface area contributed by atoms with Crippen LogP contribution in [0.4, 0.5) is 0 Å². The molecular formula is C26H29ClN6. The van der Waals surface area contributed by atoms with Crippen molar-refractivity contribution in [3.63, 3.8) is 0 Å². The minimum atomic E-state index is 0.